The topological polar surface area (TPSA) is 43.9 Å². The molecule has 0 spiro atoms. The summed E-state index contributed by atoms with van der Waals surface area (Å²) in [6, 6.07) is 15.2. The van der Waals surface area contributed by atoms with Gasteiger partial charge in [0.1, 0.15) is 5.82 Å². The van der Waals surface area contributed by atoms with Gasteiger partial charge in [-0.3, -0.25) is 14.5 Å². The number of anilines is 1. The summed E-state index contributed by atoms with van der Waals surface area (Å²) >= 11 is 0. The van der Waals surface area contributed by atoms with Crippen LogP contribution in [0.4, 0.5) is 10.1 Å². The smallest absolute Gasteiger partial charge is 0.253 e. The van der Waals surface area contributed by atoms with Gasteiger partial charge in [-0.15, -0.1) is 0 Å². The molecule has 5 nitrogen and oxygen atoms in total. The number of para-hydroxylation sites is 1. The lowest BCUT2D eigenvalue weighted by Gasteiger charge is -2.24. The third-order valence-electron chi connectivity index (χ3n) is 4.84. The molecule has 2 amide bonds. The fraction of sp³-hybridized carbons (Fsp3) is 0.333. The molecule has 0 unspecified atom stereocenters. The van der Waals surface area contributed by atoms with E-state index in [4.69, 9.17) is 0 Å². The highest BCUT2D eigenvalue weighted by atomic mass is 19.1. The van der Waals surface area contributed by atoms with E-state index in [9.17, 15) is 14.0 Å². The second kappa shape index (κ2) is 8.77. The Morgan fingerprint density at radius 3 is 2.37 bits per heavy atom. The van der Waals surface area contributed by atoms with E-state index >= 15 is 0 Å². The van der Waals surface area contributed by atoms with Crippen molar-refractivity contribution in [1.29, 1.82) is 0 Å². The molecular weight excluding hydrogens is 345 g/mol. The van der Waals surface area contributed by atoms with Gasteiger partial charge in [-0.05, 0) is 42.8 Å². The predicted octanol–water partition coefficient (Wildman–Crippen LogP) is 2.64. The van der Waals surface area contributed by atoms with Crippen molar-refractivity contribution in [1.82, 2.24) is 9.80 Å². The Morgan fingerprint density at radius 1 is 0.963 bits per heavy atom. The summed E-state index contributed by atoms with van der Waals surface area (Å²) in [5, 5.41) is 0. The van der Waals surface area contributed by atoms with Crippen molar-refractivity contribution in [2.45, 2.75) is 6.42 Å². The first-order valence-corrected chi connectivity index (χ1v) is 9.13. The molecular formula is C21H24FN3O2. The van der Waals surface area contributed by atoms with Crippen LogP contribution in [0.5, 0.6) is 0 Å². The Labute approximate surface area is 159 Å². The molecule has 0 saturated carbocycles. The minimum atomic E-state index is -0.352. The van der Waals surface area contributed by atoms with Gasteiger partial charge >= 0.3 is 0 Å². The molecule has 1 fully saturated rings. The fourth-order valence-electron chi connectivity index (χ4n) is 3.20. The maximum absolute atomic E-state index is 13.1. The summed E-state index contributed by atoms with van der Waals surface area (Å²) in [6.45, 7) is 2.92. The third-order valence-corrected chi connectivity index (χ3v) is 4.84. The summed E-state index contributed by atoms with van der Waals surface area (Å²) in [5.74, 6) is -0.418. The van der Waals surface area contributed by atoms with E-state index < -0.39 is 0 Å². The third kappa shape index (κ3) is 4.92. The number of hydrogen-bond acceptors (Lipinski definition) is 3. The Hall–Kier alpha value is -2.73. The number of likely N-dealkylation sites (N-methyl/N-ethyl adjacent to an activating group) is 1. The standard InChI is InChI=1S/C21H24FN3O2/c1-23(19-6-3-2-4-7-19)20(26)16-24-12-5-13-25(15-14-24)21(27)17-8-10-18(22)11-9-17/h2-4,6-11H,5,12-16H2,1H3. The maximum Gasteiger partial charge on any atom is 0.253 e. The minimum Gasteiger partial charge on any atom is -0.337 e. The second-order valence-electron chi connectivity index (χ2n) is 6.72. The van der Waals surface area contributed by atoms with Crippen LogP contribution in [-0.2, 0) is 4.79 Å². The molecule has 1 aliphatic heterocycles. The second-order valence-corrected chi connectivity index (χ2v) is 6.72. The van der Waals surface area contributed by atoms with Gasteiger partial charge in [0.15, 0.2) is 0 Å². The molecule has 3 rings (SSSR count). The van der Waals surface area contributed by atoms with Crippen LogP contribution < -0.4 is 4.90 Å². The van der Waals surface area contributed by atoms with Gasteiger partial charge in [0, 0.05) is 44.5 Å². The lowest BCUT2D eigenvalue weighted by atomic mass is 10.2. The fourth-order valence-corrected chi connectivity index (χ4v) is 3.20. The zero-order valence-corrected chi connectivity index (χ0v) is 15.5. The molecule has 0 bridgehead atoms. The molecule has 0 aliphatic carbocycles. The van der Waals surface area contributed by atoms with Crippen LogP contribution in [0.2, 0.25) is 0 Å². The van der Waals surface area contributed by atoms with Crippen molar-refractivity contribution in [3.63, 3.8) is 0 Å². The number of hydrogen-bond donors (Lipinski definition) is 0. The highest BCUT2D eigenvalue weighted by Crippen LogP contribution is 2.13. The molecule has 1 heterocycles. The summed E-state index contributed by atoms with van der Waals surface area (Å²) in [4.78, 5) is 30.7. The van der Waals surface area contributed by atoms with Gasteiger partial charge in [0.25, 0.3) is 5.91 Å². The number of rotatable bonds is 4. The van der Waals surface area contributed by atoms with Crippen LogP contribution in [-0.4, -0.2) is 61.4 Å². The van der Waals surface area contributed by atoms with E-state index in [1.54, 1.807) is 16.8 Å². The van der Waals surface area contributed by atoms with Crippen molar-refractivity contribution in [3.8, 4) is 0 Å². The molecule has 0 atom stereocenters. The van der Waals surface area contributed by atoms with E-state index in [-0.39, 0.29) is 17.6 Å². The molecule has 27 heavy (non-hydrogen) atoms. The average Bonchev–Trinajstić information content (AvgIpc) is 2.93. The van der Waals surface area contributed by atoms with Crippen molar-refractivity contribution in [2.75, 3.05) is 44.7 Å². The highest BCUT2D eigenvalue weighted by Gasteiger charge is 2.22. The number of carbonyl (C=O) groups excluding carboxylic acids is 2. The number of halogens is 1. The van der Waals surface area contributed by atoms with E-state index in [1.165, 1.54) is 24.3 Å². The van der Waals surface area contributed by atoms with Crippen LogP contribution >= 0.6 is 0 Å². The van der Waals surface area contributed by atoms with Gasteiger partial charge in [-0.2, -0.15) is 0 Å². The number of benzene rings is 2. The Balaban J connectivity index is 1.56. The first-order valence-electron chi connectivity index (χ1n) is 9.13. The van der Waals surface area contributed by atoms with Crippen molar-refractivity contribution in [2.24, 2.45) is 0 Å². The number of amides is 2. The van der Waals surface area contributed by atoms with Gasteiger partial charge in [-0.1, -0.05) is 18.2 Å². The zero-order chi connectivity index (χ0) is 19.2. The molecule has 0 N–H and O–H groups in total. The monoisotopic (exact) mass is 369 g/mol. The van der Waals surface area contributed by atoms with E-state index in [1.807, 2.05) is 30.3 Å². The first kappa shape index (κ1) is 19.0. The molecule has 2 aromatic rings. The number of nitrogens with zero attached hydrogens (tertiary/aromatic N) is 3. The Morgan fingerprint density at radius 2 is 1.67 bits per heavy atom. The molecule has 142 valence electrons. The van der Waals surface area contributed by atoms with Crippen LogP contribution in [0.3, 0.4) is 0 Å². The van der Waals surface area contributed by atoms with Crippen molar-refractivity contribution < 1.29 is 14.0 Å². The summed E-state index contributed by atoms with van der Waals surface area (Å²) in [5.41, 5.74) is 1.36. The first-order chi connectivity index (χ1) is 13.0. The largest absolute Gasteiger partial charge is 0.337 e. The normalized spacial score (nSPS) is 15.3. The molecule has 1 aliphatic rings. The van der Waals surface area contributed by atoms with E-state index in [0.29, 0.717) is 31.7 Å². The summed E-state index contributed by atoms with van der Waals surface area (Å²) in [7, 11) is 1.78. The molecule has 1 saturated heterocycles. The van der Waals surface area contributed by atoms with E-state index in [0.717, 1.165) is 18.7 Å². The summed E-state index contributed by atoms with van der Waals surface area (Å²) < 4.78 is 13.1. The maximum atomic E-state index is 13.1. The van der Waals surface area contributed by atoms with Gasteiger partial charge in [0.2, 0.25) is 5.91 Å². The Kier molecular flexibility index (Phi) is 6.19. The van der Waals surface area contributed by atoms with Gasteiger partial charge in [0.05, 0.1) is 6.54 Å². The summed E-state index contributed by atoms with van der Waals surface area (Å²) in [6.07, 6.45) is 0.801. The quantitative estimate of drug-likeness (QED) is 0.832. The predicted molar refractivity (Wildman–Crippen MR) is 103 cm³/mol. The number of carbonyl (C=O) groups is 2. The van der Waals surface area contributed by atoms with Crippen LogP contribution in [0, 0.1) is 5.82 Å². The Bertz CT molecular complexity index is 780. The van der Waals surface area contributed by atoms with Gasteiger partial charge < -0.3 is 9.80 Å². The van der Waals surface area contributed by atoms with E-state index in [2.05, 4.69) is 4.90 Å². The molecule has 2 aromatic carbocycles. The van der Waals surface area contributed by atoms with Crippen LogP contribution in [0.15, 0.2) is 54.6 Å². The van der Waals surface area contributed by atoms with Crippen molar-refractivity contribution in [3.05, 3.63) is 66.0 Å². The average molecular weight is 369 g/mol. The SMILES string of the molecule is CN(C(=O)CN1CCCN(C(=O)c2ccc(F)cc2)CC1)c1ccccc1. The molecule has 0 aromatic heterocycles. The minimum absolute atomic E-state index is 0.0273. The lowest BCUT2D eigenvalue weighted by Crippen LogP contribution is -2.40. The molecule has 6 heteroatoms. The van der Waals surface area contributed by atoms with Gasteiger partial charge in [-0.25, -0.2) is 4.39 Å². The lowest BCUT2D eigenvalue weighted by molar-refractivity contribution is -0.119. The highest BCUT2D eigenvalue weighted by molar-refractivity contribution is 5.95. The van der Waals surface area contributed by atoms with Crippen LogP contribution in [0.25, 0.3) is 0 Å². The zero-order valence-electron chi connectivity index (χ0n) is 15.5. The van der Waals surface area contributed by atoms with Crippen molar-refractivity contribution >= 4 is 17.5 Å². The molecule has 0 radical (unpaired) electrons. The van der Waals surface area contributed by atoms with Crippen LogP contribution in [0.1, 0.15) is 16.8 Å².